The lowest BCUT2D eigenvalue weighted by Crippen LogP contribution is -2.36. The molecule has 6 nitrogen and oxygen atoms in total. The summed E-state index contributed by atoms with van der Waals surface area (Å²) in [5.41, 5.74) is 0.145. The van der Waals surface area contributed by atoms with Crippen LogP contribution in [0.3, 0.4) is 0 Å². The van der Waals surface area contributed by atoms with Gasteiger partial charge < -0.3 is 10.4 Å². The Kier molecular flexibility index (Phi) is 4.85. The highest BCUT2D eigenvalue weighted by Crippen LogP contribution is 2.25. The maximum absolute atomic E-state index is 13.2. The number of nitro benzene ring substituents is 1. The minimum atomic E-state index is -0.807. The topological polar surface area (TPSA) is 92.5 Å². The first-order valence-corrected chi connectivity index (χ1v) is 6.86. The van der Waals surface area contributed by atoms with Gasteiger partial charge >= 0.3 is 5.97 Å². The number of nitro groups is 1. The first kappa shape index (κ1) is 15.4. The van der Waals surface area contributed by atoms with E-state index in [0.717, 1.165) is 31.0 Å². The minimum absolute atomic E-state index is 0.0114. The predicted molar refractivity (Wildman–Crippen MR) is 73.3 cm³/mol. The van der Waals surface area contributed by atoms with Gasteiger partial charge in [0.2, 0.25) is 0 Å². The summed E-state index contributed by atoms with van der Waals surface area (Å²) in [5, 5.41) is 23.0. The van der Waals surface area contributed by atoms with Gasteiger partial charge in [0, 0.05) is 24.2 Å². The van der Waals surface area contributed by atoms with E-state index in [1.54, 1.807) is 0 Å². The van der Waals surface area contributed by atoms with Crippen LogP contribution in [-0.4, -0.2) is 22.0 Å². The molecule has 7 heteroatoms. The first-order chi connectivity index (χ1) is 9.97. The van der Waals surface area contributed by atoms with Crippen LogP contribution in [0.1, 0.15) is 31.2 Å². The minimum Gasteiger partial charge on any atom is -0.481 e. The second kappa shape index (κ2) is 6.62. The normalized spacial score (nSPS) is 22.0. The Labute approximate surface area is 121 Å². The number of nitrogens with one attached hydrogen (secondary N) is 1. The Morgan fingerprint density at radius 2 is 2.24 bits per heavy atom. The van der Waals surface area contributed by atoms with Gasteiger partial charge in [0.1, 0.15) is 5.82 Å². The SMILES string of the molecule is O=C(O)C1CCCC(NCc2cc(F)ccc2[N+](=O)[O-])C1. The van der Waals surface area contributed by atoms with Crippen molar-refractivity contribution in [3.63, 3.8) is 0 Å². The molecule has 114 valence electrons. The molecule has 1 saturated carbocycles. The summed E-state index contributed by atoms with van der Waals surface area (Å²) < 4.78 is 13.2. The summed E-state index contributed by atoms with van der Waals surface area (Å²) in [6.07, 6.45) is 2.79. The van der Waals surface area contributed by atoms with Crippen LogP contribution in [-0.2, 0) is 11.3 Å². The number of carbonyl (C=O) groups is 1. The van der Waals surface area contributed by atoms with Crippen molar-refractivity contribution in [2.75, 3.05) is 0 Å². The number of hydrogen-bond donors (Lipinski definition) is 2. The third-order valence-electron chi connectivity index (χ3n) is 3.84. The quantitative estimate of drug-likeness (QED) is 0.643. The molecule has 1 aromatic carbocycles. The molecular formula is C14H17FN2O4. The summed E-state index contributed by atoms with van der Waals surface area (Å²) in [6.45, 7) is 0.158. The van der Waals surface area contributed by atoms with E-state index in [-0.39, 0.29) is 29.8 Å². The van der Waals surface area contributed by atoms with Gasteiger partial charge in [-0.15, -0.1) is 0 Å². The first-order valence-electron chi connectivity index (χ1n) is 6.86. The Hall–Kier alpha value is -2.02. The van der Waals surface area contributed by atoms with Gasteiger partial charge in [-0.2, -0.15) is 0 Å². The van der Waals surface area contributed by atoms with E-state index in [4.69, 9.17) is 5.11 Å². The Morgan fingerprint density at radius 1 is 1.48 bits per heavy atom. The molecule has 0 saturated heterocycles. The van der Waals surface area contributed by atoms with Crippen LogP contribution in [0.15, 0.2) is 18.2 Å². The Balaban J connectivity index is 2.01. The zero-order valence-electron chi connectivity index (χ0n) is 11.4. The summed E-state index contributed by atoms with van der Waals surface area (Å²) in [6, 6.07) is 3.33. The molecule has 1 aliphatic carbocycles. The van der Waals surface area contributed by atoms with Crippen molar-refractivity contribution in [3.8, 4) is 0 Å². The fourth-order valence-corrected chi connectivity index (χ4v) is 2.73. The van der Waals surface area contributed by atoms with Crippen molar-refractivity contribution in [3.05, 3.63) is 39.7 Å². The van der Waals surface area contributed by atoms with Gasteiger partial charge in [0.25, 0.3) is 5.69 Å². The van der Waals surface area contributed by atoms with Crippen LogP contribution in [0.4, 0.5) is 10.1 Å². The van der Waals surface area contributed by atoms with Crippen LogP contribution in [0.25, 0.3) is 0 Å². The van der Waals surface area contributed by atoms with E-state index in [0.29, 0.717) is 12.8 Å². The van der Waals surface area contributed by atoms with Crippen molar-refractivity contribution in [2.45, 2.75) is 38.3 Å². The molecule has 1 fully saturated rings. The van der Waals surface area contributed by atoms with Crippen molar-refractivity contribution >= 4 is 11.7 Å². The fraction of sp³-hybridized carbons (Fsp3) is 0.500. The maximum atomic E-state index is 13.2. The van der Waals surface area contributed by atoms with Crippen molar-refractivity contribution in [1.29, 1.82) is 0 Å². The largest absolute Gasteiger partial charge is 0.481 e. The number of aliphatic carboxylic acids is 1. The van der Waals surface area contributed by atoms with Gasteiger partial charge in [-0.25, -0.2) is 4.39 Å². The predicted octanol–water partition coefficient (Wildman–Crippen LogP) is 2.47. The van der Waals surface area contributed by atoms with E-state index in [1.165, 1.54) is 0 Å². The lowest BCUT2D eigenvalue weighted by atomic mass is 9.85. The molecule has 0 aromatic heterocycles. The van der Waals surface area contributed by atoms with Crippen LogP contribution in [0.2, 0.25) is 0 Å². The second-order valence-electron chi connectivity index (χ2n) is 5.31. The van der Waals surface area contributed by atoms with Crippen molar-refractivity contribution in [1.82, 2.24) is 5.32 Å². The molecule has 21 heavy (non-hydrogen) atoms. The van der Waals surface area contributed by atoms with Crippen molar-refractivity contribution in [2.24, 2.45) is 5.92 Å². The molecule has 1 aliphatic rings. The van der Waals surface area contributed by atoms with Crippen LogP contribution < -0.4 is 5.32 Å². The van der Waals surface area contributed by atoms with E-state index < -0.39 is 16.7 Å². The third-order valence-corrected chi connectivity index (χ3v) is 3.84. The molecule has 0 amide bonds. The molecule has 2 rings (SSSR count). The number of hydrogen-bond acceptors (Lipinski definition) is 4. The highest BCUT2D eigenvalue weighted by molar-refractivity contribution is 5.70. The lowest BCUT2D eigenvalue weighted by molar-refractivity contribution is -0.385. The number of halogens is 1. The van der Waals surface area contributed by atoms with E-state index in [2.05, 4.69) is 5.32 Å². The lowest BCUT2D eigenvalue weighted by Gasteiger charge is -2.27. The molecular weight excluding hydrogens is 279 g/mol. The summed E-state index contributed by atoms with van der Waals surface area (Å²) in [7, 11) is 0. The molecule has 0 spiro atoms. The van der Waals surface area contributed by atoms with E-state index >= 15 is 0 Å². The molecule has 0 bridgehead atoms. The Bertz CT molecular complexity index is 550. The summed E-state index contributed by atoms with van der Waals surface area (Å²) >= 11 is 0. The standard InChI is InChI=1S/C14H17FN2O4/c15-11-4-5-13(17(20)21)10(6-11)8-16-12-3-1-2-9(7-12)14(18)19/h4-6,9,12,16H,1-3,7-8H2,(H,18,19). The van der Waals surface area contributed by atoms with Gasteiger partial charge in [-0.3, -0.25) is 14.9 Å². The average molecular weight is 296 g/mol. The van der Waals surface area contributed by atoms with Gasteiger partial charge in [0.15, 0.2) is 0 Å². The number of rotatable bonds is 5. The van der Waals surface area contributed by atoms with Gasteiger partial charge in [0.05, 0.1) is 10.8 Å². The maximum Gasteiger partial charge on any atom is 0.306 e. The smallest absolute Gasteiger partial charge is 0.306 e. The number of benzene rings is 1. The zero-order chi connectivity index (χ0) is 15.4. The molecule has 0 radical (unpaired) electrons. The fourth-order valence-electron chi connectivity index (χ4n) is 2.73. The number of nitrogens with zero attached hydrogens (tertiary/aromatic N) is 1. The van der Waals surface area contributed by atoms with Crippen molar-refractivity contribution < 1.29 is 19.2 Å². The highest BCUT2D eigenvalue weighted by Gasteiger charge is 2.27. The number of carboxylic acid groups (broad SMARTS) is 1. The van der Waals surface area contributed by atoms with Crippen LogP contribution in [0.5, 0.6) is 0 Å². The van der Waals surface area contributed by atoms with E-state index in [1.807, 2.05) is 0 Å². The molecule has 2 N–H and O–H groups in total. The van der Waals surface area contributed by atoms with Crippen LogP contribution in [0, 0.1) is 21.8 Å². The molecule has 1 aromatic rings. The van der Waals surface area contributed by atoms with Gasteiger partial charge in [-0.1, -0.05) is 6.42 Å². The summed E-state index contributed by atoms with van der Waals surface area (Å²) in [5.74, 6) is -1.71. The van der Waals surface area contributed by atoms with Gasteiger partial charge in [-0.05, 0) is 31.4 Å². The number of carboxylic acids is 1. The molecule has 2 unspecified atom stereocenters. The molecule has 0 aliphatic heterocycles. The molecule has 2 atom stereocenters. The second-order valence-corrected chi connectivity index (χ2v) is 5.31. The van der Waals surface area contributed by atoms with Crippen LogP contribution >= 0.6 is 0 Å². The zero-order valence-corrected chi connectivity index (χ0v) is 11.4. The molecule has 0 heterocycles. The van der Waals surface area contributed by atoms with E-state index in [9.17, 15) is 19.3 Å². The monoisotopic (exact) mass is 296 g/mol. The highest BCUT2D eigenvalue weighted by atomic mass is 19.1. The summed E-state index contributed by atoms with van der Waals surface area (Å²) in [4.78, 5) is 21.4. The Morgan fingerprint density at radius 3 is 2.90 bits per heavy atom. The third kappa shape index (κ3) is 3.98. The average Bonchev–Trinajstić information content (AvgIpc) is 2.45.